The van der Waals surface area contributed by atoms with Crippen molar-refractivity contribution >= 4 is 71.0 Å². The Hall–Kier alpha value is -4.57. The van der Waals surface area contributed by atoms with Crippen LogP contribution in [-0.4, -0.2) is 31.8 Å². The molecule has 0 aliphatic carbocycles. The SMILES string of the molecule is CC(=O)Nc1cc(/N=N/c2ccc(N)cc2C)ccc1/N=N/c1ccc2ccc(S(=O)(=O)O)cc2c1S(=O)(=O)O. The van der Waals surface area contributed by atoms with Gasteiger partial charge in [-0.1, -0.05) is 12.1 Å². The molecular weight excluding hydrogens is 560 g/mol. The molecule has 0 spiro atoms. The normalized spacial score (nSPS) is 12.4. The van der Waals surface area contributed by atoms with Gasteiger partial charge in [-0.3, -0.25) is 13.9 Å². The van der Waals surface area contributed by atoms with Gasteiger partial charge < -0.3 is 11.1 Å². The standard InChI is InChI=1S/C25H22N6O7S2/c1-14-11-17(26)5-9-21(14)29-28-18-6-10-22(24(12-18)27-15(2)32)30-31-23-8-4-16-3-7-19(39(33,34)35)13-20(16)25(23)40(36,37)38/h3-13H,26H2,1-2H3,(H,27,32)(H,33,34,35)(H,36,37,38)/b29-28+,31-30+. The Morgan fingerprint density at radius 3 is 2.05 bits per heavy atom. The smallest absolute Gasteiger partial charge is 0.297 e. The van der Waals surface area contributed by atoms with Crippen LogP contribution in [0.15, 0.2) is 97.0 Å². The summed E-state index contributed by atoms with van der Waals surface area (Å²) in [6.45, 7) is 3.10. The van der Waals surface area contributed by atoms with Gasteiger partial charge in [0, 0.05) is 18.0 Å². The van der Waals surface area contributed by atoms with E-state index in [4.69, 9.17) is 5.73 Å². The summed E-state index contributed by atoms with van der Waals surface area (Å²) in [5.41, 5.74) is 8.09. The highest BCUT2D eigenvalue weighted by molar-refractivity contribution is 7.86. The van der Waals surface area contributed by atoms with E-state index in [2.05, 4.69) is 25.8 Å². The van der Waals surface area contributed by atoms with Crippen LogP contribution in [0.5, 0.6) is 0 Å². The van der Waals surface area contributed by atoms with Crippen molar-refractivity contribution in [2.45, 2.75) is 23.6 Å². The van der Waals surface area contributed by atoms with Crippen LogP contribution in [0, 0.1) is 6.92 Å². The monoisotopic (exact) mass is 582 g/mol. The number of hydrogen-bond acceptors (Lipinski definition) is 10. The first kappa shape index (κ1) is 28.4. The van der Waals surface area contributed by atoms with Gasteiger partial charge in [0.2, 0.25) is 5.91 Å². The average Bonchev–Trinajstić information content (AvgIpc) is 2.85. The molecule has 4 rings (SSSR count). The number of amides is 1. The highest BCUT2D eigenvalue weighted by atomic mass is 32.2. The first-order chi connectivity index (χ1) is 18.7. The number of nitrogens with one attached hydrogen (secondary N) is 1. The molecule has 1 amide bonds. The van der Waals surface area contributed by atoms with Gasteiger partial charge in [-0.05, 0) is 72.5 Å². The molecule has 15 heteroatoms. The average molecular weight is 583 g/mol. The molecule has 0 aliphatic heterocycles. The maximum Gasteiger partial charge on any atom is 0.297 e. The highest BCUT2D eigenvalue weighted by Gasteiger charge is 2.22. The summed E-state index contributed by atoms with van der Waals surface area (Å²) in [6, 6.07) is 15.6. The number of benzene rings is 4. The van der Waals surface area contributed by atoms with Crippen LogP contribution in [0.25, 0.3) is 10.8 Å². The fraction of sp³-hybridized carbons (Fsp3) is 0.0800. The minimum absolute atomic E-state index is 0.117. The van der Waals surface area contributed by atoms with E-state index in [9.17, 15) is 30.7 Å². The number of carbonyl (C=O) groups is 1. The van der Waals surface area contributed by atoms with Crippen molar-refractivity contribution in [2.24, 2.45) is 20.5 Å². The van der Waals surface area contributed by atoms with E-state index in [0.717, 1.165) is 17.7 Å². The largest absolute Gasteiger partial charge is 0.399 e. The lowest BCUT2D eigenvalue weighted by atomic mass is 10.1. The predicted octanol–water partition coefficient (Wildman–Crippen LogP) is 6.01. The van der Waals surface area contributed by atoms with Crippen LogP contribution >= 0.6 is 0 Å². The summed E-state index contributed by atoms with van der Waals surface area (Å²) in [6.07, 6.45) is 0. The minimum Gasteiger partial charge on any atom is -0.399 e. The van der Waals surface area contributed by atoms with Crippen LogP contribution in [0.4, 0.5) is 34.1 Å². The van der Waals surface area contributed by atoms with Gasteiger partial charge in [0.25, 0.3) is 20.2 Å². The van der Waals surface area contributed by atoms with Crippen molar-refractivity contribution in [2.75, 3.05) is 11.1 Å². The minimum atomic E-state index is -4.94. The van der Waals surface area contributed by atoms with Crippen molar-refractivity contribution in [3.63, 3.8) is 0 Å². The zero-order valence-electron chi connectivity index (χ0n) is 21.0. The number of nitrogens with zero attached hydrogens (tertiary/aromatic N) is 4. The number of hydrogen-bond donors (Lipinski definition) is 4. The van der Waals surface area contributed by atoms with Crippen molar-refractivity contribution in [3.05, 3.63) is 72.3 Å². The summed E-state index contributed by atoms with van der Waals surface area (Å²) >= 11 is 0. The molecule has 0 unspecified atom stereocenters. The predicted molar refractivity (Wildman–Crippen MR) is 148 cm³/mol. The number of azo groups is 2. The van der Waals surface area contributed by atoms with E-state index in [-0.39, 0.29) is 27.8 Å². The Bertz CT molecular complexity index is 1940. The second-order valence-electron chi connectivity index (χ2n) is 8.58. The summed E-state index contributed by atoms with van der Waals surface area (Å²) < 4.78 is 67.1. The second-order valence-corrected chi connectivity index (χ2v) is 11.4. The lowest BCUT2D eigenvalue weighted by Crippen LogP contribution is -2.05. The zero-order chi connectivity index (χ0) is 29.2. The van der Waals surface area contributed by atoms with Gasteiger partial charge in [0.15, 0.2) is 0 Å². The highest BCUT2D eigenvalue weighted by Crippen LogP contribution is 2.37. The number of nitrogen functional groups attached to an aromatic ring is 1. The van der Waals surface area contributed by atoms with Crippen LogP contribution in [0.2, 0.25) is 0 Å². The second kappa shape index (κ2) is 10.9. The molecule has 0 bridgehead atoms. The van der Waals surface area contributed by atoms with Crippen LogP contribution in [0.1, 0.15) is 12.5 Å². The van der Waals surface area contributed by atoms with Crippen molar-refractivity contribution < 1.29 is 30.7 Å². The van der Waals surface area contributed by atoms with Crippen molar-refractivity contribution in [1.82, 2.24) is 0 Å². The molecule has 0 saturated heterocycles. The molecule has 13 nitrogen and oxygen atoms in total. The van der Waals surface area contributed by atoms with Gasteiger partial charge in [0.05, 0.1) is 22.0 Å². The first-order valence-corrected chi connectivity index (χ1v) is 14.2. The number of aryl methyl sites for hydroxylation is 1. The summed E-state index contributed by atoms with van der Waals surface area (Å²) in [5, 5.41) is 19.0. The first-order valence-electron chi connectivity index (χ1n) is 11.4. The van der Waals surface area contributed by atoms with Crippen LogP contribution in [-0.2, 0) is 25.0 Å². The van der Waals surface area contributed by atoms with Gasteiger partial charge in [-0.2, -0.15) is 27.1 Å². The fourth-order valence-electron chi connectivity index (χ4n) is 3.74. The van der Waals surface area contributed by atoms with Gasteiger partial charge in [0.1, 0.15) is 16.3 Å². The van der Waals surface area contributed by atoms with Gasteiger partial charge >= 0.3 is 0 Å². The maximum absolute atomic E-state index is 12.3. The van der Waals surface area contributed by atoms with E-state index in [1.807, 2.05) is 6.92 Å². The Morgan fingerprint density at radius 1 is 0.775 bits per heavy atom. The molecule has 206 valence electrons. The Balaban J connectivity index is 1.78. The van der Waals surface area contributed by atoms with Crippen molar-refractivity contribution in [1.29, 1.82) is 0 Å². The Kier molecular flexibility index (Phi) is 7.75. The molecule has 0 fully saturated rings. The van der Waals surface area contributed by atoms with Crippen LogP contribution < -0.4 is 11.1 Å². The number of nitrogens with two attached hydrogens (primary N) is 1. The third-order valence-corrected chi connectivity index (χ3v) is 7.32. The maximum atomic E-state index is 12.3. The topological polar surface area (TPSA) is 213 Å². The number of fused-ring (bicyclic) bond motifs is 1. The Labute approximate surface area is 229 Å². The third kappa shape index (κ3) is 6.52. The van der Waals surface area contributed by atoms with Gasteiger partial charge in [-0.25, -0.2) is 0 Å². The number of rotatable bonds is 7. The van der Waals surface area contributed by atoms with E-state index in [0.29, 0.717) is 17.1 Å². The lowest BCUT2D eigenvalue weighted by Gasteiger charge is -2.09. The third-order valence-electron chi connectivity index (χ3n) is 5.53. The quantitative estimate of drug-likeness (QED) is 0.115. The molecule has 4 aromatic carbocycles. The molecule has 40 heavy (non-hydrogen) atoms. The molecule has 0 heterocycles. The Morgan fingerprint density at radius 2 is 1.40 bits per heavy atom. The van der Waals surface area contributed by atoms with Crippen molar-refractivity contribution in [3.8, 4) is 0 Å². The molecule has 5 N–H and O–H groups in total. The molecule has 0 atom stereocenters. The van der Waals surface area contributed by atoms with E-state index in [1.54, 1.807) is 18.2 Å². The molecule has 0 aliphatic rings. The molecule has 0 aromatic heterocycles. The molecule has 0 radical (unpaired) electrons. The van der Waals surface area contributed by atoms with Crippen LogP contribution in [0.3, 0.4) is 0 Å². The summed E-state index contributed by atoms with van der Waals surface area (Å²) in [7, 11) is -9.60. The number of carbonyl (C=O) groups excluding carboxylic acids is 1. The summed E-state index contributed by atoms with van der Waals surface area (Å²) in [5.74, 6) is -0.429. The van der Waals surface area contributed by atoms with Gasteiger partial charge in [-0.15, -0.1) is 10.2 Å². The fourth-order valence-corrected chi connectivity index (χ4v) is 5.08. The number of anilines is 2. The molecular formula is C25H22N6O7S2. The molecule has 0 saturated carbocycles. The molecule has 4 aromatic rings. The van der Waals surface area contributed by atoms with E-state index >= 15 is 0 Å². The lowest BCUT2D eigenvalue weighted by molar-refractivity contribution is -0.114. The van der Waals surface area contributed by atoms with E-state index < -0.39 is 35.9 Å². The summed E-state index contributed by atoms with van der Waals surface area (Å²) in [4.78, 5) is 10.5. The zero-order valence-corrected chi connectivity index (χ0v) is 22.6. The van der Waals surface area contributed by atoms with E-state index in [1.165, 1.54) is 43.3 Å².